The number of rotatable bonds is 7. The topological polar surface area (TPSA) is 44.8 Å². The summed E-state index contributed by atoms with van der Waals surface area (Å²) < 4.78 is 23.4. The zero-order valence-corrected chi connectivity index (χ0v) is 20.2. The van der Waals surface area contributed by atoms with Crippen LogP contribution in [0, 0.1) is 0 Å². The summed E-state index contributed by atoms with van der Waals surface area (Å²) >= 11 is -0.935. The summed E-state index contributed by atoms with van der Waals surface area (Å²) in [6.45, 7) is 12.6. The average Bonchev–Trinajstić information content (AvgIpc) is 3.10. The van der Waals surface area contributed by atoms with Crippen LogP contribution in [0.1, 0.15) is 57.7 Å². The highest BCUT2D eigenvalue weighted by Crippen LogP contribution is 2.35. The second-order valence-electron chi connectivity index (χ2n) is 9.75. The molecule has 1 atom stereocenters. The number of aryl methyl sites for hydroxylation is 1. The van der Waals surface area contributed by atoms with Crippen molar-refractivity contribution in [1.82, 2.24) is 4.90 Å². The van der Waals surface area contributed by atoms with E-state index in [-0.39, 0.29) is 11.1 Å². The summed E-state index contributed by atoms with van der Waals surface area (Å²) in [5, 5.41) is 0. The molecule has 1 unspecified atom stereocenters. The fraction of sp³-hybridized carbons (Fsp3) is 0.520. The van der Waals surface area contributed by atoms with Crippen LogP contribution in [0.2, 0.25) is 0 Å². The number of hydrogen-bond acceptors (Lipinski definition) is 4. The van der Waals surface area contributed by atoms with Crippen LogP contribution in [0.4, 0.5) is 0 Å². The minimum atomic E-state index is -0.935. The number of ether oxygens (including phenoxy) is 2. The van der Waals surface area contributed by atoms with Crippen molar-refractivity contribution in [3.63, 3.8) is 0 Å². The van der Waals surface area contributed by atoms with Gasteiger partial charge in [0.05, 0.1) is 7.11 Å². The van der Waals surface area contributed by atoms with Crippen molar-refractivity contribution in [3.05, 3.63) is 53.1 Å². The smallest absolute Gasteiger partial charge is 0.161 e. The Kier molecular flexibility index (Phi) is 6.75. The Morgan fingerprint density at radius 3 is 2.30 bits per heavy atom. The van der Waals surface area contributed by atoms with Gasteiger partial charge in [-0.3, -0.25) is 4.90 Å². The molecule has 0 fully saturated rings. The summed E-state index contributed by atoms with van der Waals surface area (Å²) in [6.07, 6.45) is 3.75. The van der Waals surface area contributed by atoms with Crippen LogP contribution in [-0.2, 0) is 30.7 Å². The summed E-state index contributed by atoms with van der Waals surface area (Å²) in [6, 6.07) is 12.5. The van der Waals surface area contributed by atoms with E-state index in [1.54, 1.807) is 13.4 Å². The van der Waals surface area contributed by atoms with Crippen LogP contribution in [-0.4, -0.2) is 34.0 Å². The summed E-state index contributed by atoms with van der Waals surface area (Å²) in [5.74, 6) is 1.57. The Bertz CT molecular complexity index is 886. The van der Waals surface area contributed by atoms with Crippen LogP contribution in [0.5, 0.6) is 11.5 Å². The normalized spacial score (nSPS) is 15.7. The van der Waals surface area contributed by atoms with Crippen LogP contribution < -0.4 is 9.47 Å². The van der Waals surface area contributed by atoms with E-state index in [9.17, 15) is 4.55 Å². The van der Waals surface area contributed by atoms with E-state index in [4.69, 9.17) is 9.47 Å². The predicted octanol–water partition coefficient (Wildman–Crippen LogP) is 5.34. The first kappa shape index (κ1) is 23.0. The molecule has 2 aromatic rings. The Hall–Kier alpha value is -1.69. The SMILES string of the molecule is COc1cc(CCC(C)(C)N2Cc3ccc([S+](C)[O-])cc3C2)ccc1OC(C)(C)C. The Balaban J connectivity index is 1.66. The van der Waals surface area contributed by atoms with Crippen molar-refractivity contribution in [1.29, 1.82) is 0 Å². The third-order valence-corrected chi connectivity index (χ3v) is 6.68. The molecule has 5 heteroatoms. The van der Waals surface area contributed by atoms with Gasteiger partial charge in [0, 0.05) is 18.6 Å². The molecule has 0 saturated heterocycles. The molecular formula is C25H35NO3S. The number of methoxy groups -OCH3 is 1. The van der Waals surface area contributed by atoms with E-state index in [0.29, 0.717) is 0 Å². The molecule has 0 spiro atoms. The molecule has 0 amide bonds. The molecule has 0 radical (unpaired) electrons. The zero-order valence-electron chi connectivity index (χ0n) is 19.4. The molecule has 2 aromatic carbocycles. The highest BCUT2D eigenvalue weighted by atomic mass is 32.2. The van der Waals surface area contributed by atoms with Crippen molar-refractivity contribution in [2.75, 3.05) is 13.4 Å². The van der Waals surface area contributed by atoms with Crippen molar-refractivity contribution in [3.8, 4) is 11.5 Å². The van der Waals surface area contributed by atoms with Gasteiger partial charge in [-0.15, -0.1) is 0 Å². The van der Waals surface area contributed by atoms with Gasteiger partial charge in [-0.1, -0.05) is 12.1 Å². The van der Waals surface area contributed by atoms with Crippen LogP contribution in [0.3, 0.4) is 0 Å². The lowest BCUT2D eigenvalue weighted by molar-refractivity contribution is 0.109. The van der Waals surface area contributed by atoms with E-state index < -0.39 is 11.2 Å². The lowest BCUT2D eigenvalue weighted by Gasteiger charge is -2.35. The number of nitrogens with zero attached hydrogens (tertiary/aromatic N) is 1. The van der Waals surface area contributed by atoms with E-state index in [0.717, 1.165) is 42.3 Å². The molecule has 164 valence electrons. The quantitative estimate of drug-likeness (QED) is 0.558. The maximum atomic E-state index is 11.8. The van der Waals surface area contributed by atoms with Crippen LogP contribution >= 0.6 is 0 Å². The average molecular weight is 430 g/mol. The van der Waals surface area contributed by atoms with Gasteiger partial charge in [0.15, 0.2) is 16.4 Å². The molecule has 0 bridgehead atoms. The molecule has 1 heterocycles. The molecule has 0 aromatic heterocycles. The maximum absolute atomic E-state index is 11.8. The first-order chi connectivity index (χ1) is 14.0. The van der Waals surface area contributed by atoms with Gasteiger partial charge in [0.25, 0.3) is 0 Å². The van der Waals surface area contributed by atoms with Crippen LogP contribution in [0.15, 0.2) is 41.3 Å². The standard InChI is InChI=1S/C25H35NO3S/c1-24(2,3)29-22-11-8-18(14-23(22)28-6)12-13-25(4,5)26-16-19-9-10-21(30(7)27)15-20(19)17-26/h8-11,14-15H,12-13,16-17H2,1-7H3. The Morgan fingerprint density at radius 2 is 1.67 bits per heavy atom. The largest absolute Gasteiger partial charge is 0.612 e. The fourth-order valence-electron chi connectivity index (χ4n) is 3.87. The van der Waals surface area contributed by atoms with Crippen LogP contribution in [0.25, 0.3) is 0 Å². The zero-order chi connectivity index (χ0) is 22.1. The second-order valence-corrected chi connectivity index (χ2v) is 11.1. The first-order valence-corrected chi connectivity index (χ1v) is 12.1. The third kappa shape index (κ3) is 5.51. The second kappa shape index (κ2) is 8.81. The van der Waals surface area contributed by atoms with Gasteiger partial charge < -0.3 is 14.0 Å². The van der Waals surface area contributed by atoms with Crippen molar-refractivity contribution in [2.24, 2.45) is 0 Å². The Labute approximate surface area is 184 Å². The highest BCUT2D eigenvalue weighted by Gasteiger charge is 2.32. The molecule has 0 saturated carbocycles. The summed E-state index contributed by atoms with van der Waals surface area (Å²) in [5.41, 5.74) is 3.70. The lowest BCUT2D eigenvalue weighted by Crippen LogP contribution is -2.40. The summed E-state index contributed by atoms with van der Waals surface area (Å²) in [4.78, 5) is 3.44. The van der Waals surface area contributed by atoms with Gasteiger partial charge in [-0.2, -0.15) is 0 Å². The lowest BCUT2D eigenvalue weighted by atomic mass is 9.93. The number of benzene rings is 2. The third-order valence-electron chi connectivity index (χ3n) is 5.76. The summed E-state index contributed by atoms with van der Waals surface area (Å²) in [7, 11) is 1.69. The fourth-order valence-corrected chi connectivity index (χ4v) is 4.44. The molecule has 4 nitrogen and oxygen atoms in total. The van der Waals surface area contributed by atoms with Gasteiger partial charge in [-0.25, -0.2) is 0 Å². The van der Waals surface area contributed by atoms with Crippen molar-refractivity contribution < 1.29 is 14.0 Å². The molecule has 30 heavy (non-hydrogen) atoms. The molecule has 1 aliphatic rings. The van der Waals surface area contributed by atoms with Gasteiger partial charge >= 0.3 is 0 Å². The molecular weight excluding hydrogens is 394 g/mol. The number of fused-ring (bicyclic) bond motifs is 1. The predicted molar refractivity (Wildman–Crippen MR) is 124 cm³/mol. The molecule has 0 N–H and O–H groups in total. The van der Waals surface area contributed by atoms with Gasteiger partial charge in [0.1, 0.15) is 11.9 Å². The van der Waals surface area contributed by atoms with Gasteiger partial charge in [-0.05, 0) is 99.6 Å². The van der Waals surface area contributed by atoms with E-state index in [1.807, 2.05) is 32.9 Å². The van der Waals surface area contributed by atoms with Crippen molar-refractivity contribution in [2.45, 2.75) is 76.6 Å². The number of hydrogen-bond donors (Lipinski definition) is 0. The minimum Gasteiger partial charge on any atom is -0.612 e. The molecule has 3 rings (SSSR count). The van der Waals surface area contributed by atoms with Gasteiger partial charge in [0.2, 0.25) is 0 Å². The first-order valence-electron chi connectivity index (χ1n) is 10.5. The minimum absolute atomic E-state index is 0.0539. The monoisotopic (exact) mass is 429 g/mol. The molecule has 1 aliphatic heterocycles. The van der Waals surface area contributed by atoms with E-state index in [1.165, 1.54) is 16.7 Å². The highest BCUT2D eigenvalue weighted by molar-refractivity contribution is 7.90. The van der Waals surface area contributed by atoms with E-state index in [2.05, 4.69) is 43.0 Å². The van der Waals surface area contributed by atoms with Crippen molar-refractivity contribution >= 4 is 11.2 Å². The van der Waals surface area contributed by atoms with E-state index >= 15 is 0 Å². The Morgan fingerprint density at radius 1 is 0.967 bits per heavy atom. The maximum Gasteiger partial charge on any atom is 0.161 e. The molecule has 0 aliphatic carbocycles.